The minimum atomic E-state index is -0.247. The molecule has 9 heteroatoms. The fourth-order valence-corrected chi connectivity index (χ4v) is 6.68. The first-order valence-electron chi connectivity index (χ1n) is 14.4. The van der Waals surface area contributed by atoms with Crippen LogP contribution in [0, 0.1) is 0 Å². The Morgan fingerprint density at radius 2 is 1.60 bits per heavy atom. The Hall–Kier alpha value is -3.78. The van der Waals surface area contributed by atoms with E-state index in [1.54, 1.807) is 23.1 Å². The number of ether oxygens (including phenoxy) is 1. The number of carbonyl (C=O) groups excluding carboxylic acids is 2. The van der Waals surface area contributed by atoms with Crippen molar-refractivity contribution in [1.82, 2.24) is 14.4 Å². The van der Waals surface area contributed by atoms with Crippen molar-refractivity contribution in [2.45, 2.75) is 32.0 Å². The highest BCUT2D eigenvalue weighted by molar-refractivity contribution is 6.37. The van der Waals surface area contributed by atoms with E-state index in [0.717, 1.165) is 48.4 Å². The molecule has 222 valence electrons. The molecule has 0 aliphatic carbocycles. The molecule has 0 radical (unpaired) electrons. The zero-order valence-electron chi connectivity index (χ0n) is 24.5. The Morgan fingerprint density at radius 1 is 0.884 bits per heavy atom. The maximum atomic E-state index is 14.3. The van der Waals surface area contributed by atoms with E-state index < -0.39 is 0 Å². The standard InChI is InChI=1S/C34H34Cl2N4O3/c1-37-16-14-23(15-17-37)38(2)34(42)31-13-12-24-21-40(30-11-7-4-8-22(30)20-39(24)31)33(41)27-18-29(36)26(19-32(27)43-3)25-9-5-6-10-28(25)35/h4-13,18-19,23H,14-17,20-21H2,1-3H3. The van der Waals surface area contributed by atoms with E-state index >= 15 is 0 Å². The lowest BCUT2D eigenvalue weighted by Crippen LogP contribution is -2.45. The quantitative estimate of drug-likeness (QED) is 0.246. The van der Waals surface area contributed by atoms with Crippen LogP contribution in [0.3, 0.4) is 0 Å². The fraction of sp³-hybridized carbons (Fsp3) is 0.294. The highest BCUT2D eigenvalue weighted by atomic mass is 35.5. The summed E-state index contributed by atoms with van der Waals surface area (Å²) in [6, 6.07) is 22.7. The van der Waals surface area contributed by atoms with Gasteiger partial charge in [-0.1, -0.05) is 59.6 Å². The van der Waals surface area contributed by atoms with Gasteiger partial charge >= 0.3 is 0 Å². The number of anilines is 1. The summed E-state index contributed by atoms with van der Waals surface area (Å²) in [5, 5.41) is 0.952. The van der Waals surface area contributed by atoms with Gasteiger partial charge in [0.1, 0.15) is 11.4 Å². The van der Waals surface area contributed by atoms with Crippen LogP contribution in [0.5, 0.6) is 5.75 Å². The number of piperidine rings is 1. The number of rotatable bonds is 5. The molecule has 0 N–H and O–H groups in total. The third-order valence-electron chi connectivity index (χ3n) is 8.71. The zero-order valence-corrected chi connectivity index (χ0v) is 26.0. The van der Waals surface area contributed by atoms with Crippen molar-refractivity contribution in [2.75, 3.05) is 39.2 Å². The van der Waals surface area contributed by atoms with Gasteiger partial charge in [-0.05, 0) is 74.9 Å². The molecule has 7 nitrogen and oxygen atoms in total. The average molecular weight is 618 g/mol. The molecule has 3 heterocycles. The number of halogens is 2. The lowest BCUT2D eigenvalue weighted by atomic mass is 10.0. The Balaban J connectivity index is 1.36. The second kappa shape index (κ2) is 12.1. The molecule has 1 fully saturated rings. The van der Waals surface area contributed by atoms with Crippen LogP contribution in [-0.2, 0) is 13.1 Å². The number of likely N-dealkylation sites (tertiary alicyclic amines) is 1. The molecule has 6 rings (SSSR count). The van der Waals surface area contributed by atoms with Gasteiger partial charge in [0.2, 0.25) is 0 Å². The molecule has 1 saturated heterocycles. The van der Waals surface area contributed by atoms with Gasteiger partial charge in [0.25, 0.3) is 11.8 Å². The number of para-hydroxylation sites is 1. The molecular weight excluding hydrogens is 583 g/mol. The van der Waals surface area contributed by atoms with Crippen LogP contribution in [0.15, 0.2) is 72.8 Å². The van der Waals surface area contributed by atoms with E-state index in [-0.39, 0.29) is 24.4 Å². The Morgan fingerprint density at radius 3 is 2.35 bits per heavy atom. The summed E-state index contributed by atoms with van der Waals surface area (Å²) >= 11 is 13.2. The molecule has 2 aliphatic rings. The molecule has 43 heavy (non-hydrogen) atoms. The van der Waals surface area contributed by atoms with Crippen molar-refractivity contribution in [3.8, 4) is 16.9 Å². The van der Waals surface area contributed by atoms with Crippen LogP contribution in [0.2, 0.25) is 10.0 Å². The molecule has 0 unspecified atom stereocenters. The Kier molecular flexibility index (Phi) is 8.23. The van der Waals surface area contributed by atoms with Gasteiger partial charge < -0.3 is 24.0 Å². The predicted molar refractivity (Wildman–Crippen MR) is 172 cm³/mol. The molecule has 2 aliphatic heterocycles. The number of hydrogen-bond donors (Lipinski definition) is 0. The first kappa shape index (κ1) is 29.3. The van der Waals surface area contributed by atoms with Crippen molar-refractivity contribution >= 4 is 40.7 Å². The molecule has 0 bridgehead atoms. The van der Waals surface area contributed by atoms with Gasteiger partial charge in [-0.2, -0.15) is 0 Å². The highest BCUT2D eigenvalue weighted by Gasteiger charge is 2.32. The minimum Gasteiger partial charge on any atom is -0.496 e. The smallest absolute Gasteiger partial charge is 0.270 e. The summed E-state index contributed by atoms with van der Waals surface area (Å²) in [4.78, 5) is 34.0. The number of amides is 2. The van der Waals surface area contributed by atoms with Gasteiger partial charge in [-0.15, -0.1) is 0 Å². The normalized spacial score (nSPS) is 15.4. The monoisotopic (exact) mass is 616 g/mol. The van der Waals surface area contributed by atoms with Crippen molar-refractivity contribution in [3.63, 3.8) is 0 Å². The van der Waals surface area contributed by atoms with Crippen LogP contribution in [0.25, 0.3) is 11.1 Å². The SMILES string of the molecule is COc1cc(-c2ccccc2Cl)c(Cl)cc1C(=O)N1Cc2ccc(C(=O)N(C)C3CCN(C)CC3)n2Cc2ccccc21. The third-order valence-corrected chi connectivity index (χ3v) is 9.35. The van der Waals surface area contributed by atoms with Gasteiger partial charge in [0, 0.05) is 45.6 Å². The van der Waals surface area contributed by atoms with Gasteiger partial charge in [0.05, 0.1) is 25.8 Å². The zero-order chi connectivity index (χ0) is 30.2. The average Bonchev–Trinajstić information content (AvgIpc) is 3.33. The van der Waals surface area contributed by atoms with Gasteiger partial charge in [0.15, 0.2) is 0 Å². The number of benzene rings is 3. The maximum absolute atomic E-state index is 14.3. The Labute approximate surface area is 262 Å². The second-order valence-electron chi connectivity index (χ2n) is 11.3. The van der Waals surface area contributed by atoms with Crippen LogP contribution in [0.4, 0.5) is 5.69 Å². The number of methoxy groups -OCH3 is 1. The third kappa shape index (κ3) is 5.53. The van der Waals surface area contributed by atoms with E-state index in [2.05, 4.69) is 11.9 Å². The van der Waals surface area contributed by atoms with Crippen molar-refractivity contribution in [3.05, 3.63) is 105 Å². The number of carbonyl (C=O) groups is 2. The molecule has 3 aromatic carbocycles. The van der Waals surface area contributed by atoms with Crippen LogP contribution in [-0.4, -0.2) is 66.5 Å². The van der Waals surface area contributed by atoms with E-state index in [0.29, 0.717) is 39.2 Å². The lowest BCUT2D eigenvalue weighted by molar-refractivity contribution is 0.0649. The van der Waals surface area contributed by atoms with E-state index in [4.69, 9.17) is 27.9 Å². The van der Waals surface area contributed by atoms with Gasteiger partial charge in [-0.25, -0.2) is 0 Å². The molecule has 2 amide bonds. The maximum Gasteiger partial charge on any atom is 0.270 e. The summed E-state index contributed by atoms with van der Waals surface area (Å²) in [6.07, 6.45) is 1.91. The predicted octanol–water partition coefficient (Wildman–Crippen LogP) is 6.85. The van der Waals surface area contributed by atoms with Crippen molar-refractivity contribution < 1.29 is 14.3 Å². The topological polar surface area (TPSA) is 58.0 Å². The molecule has 4 aromatic rings. The summed E-state index contributed by atoms with van der Waals surface area (Å²) in [6.45, 7) is 2.72. The Bertz CT molecular complexity index is 1690. The largest absolute Gasteiger partial charge is 0.496 e. The summed E-state index contributed by atoms with van der Waals surface area (Å²) in [5.74, 6) is 0.154. The summed E-state index contributed by atoms with van der Waals surface area (Å²) < 4.78 is 7.77. The fourth-order valence-electron chi connectivity index (χ4n) is 6.18. The number of aromatic nitrogens is 1. The minimum absolute atomic E-state index is 0.00155. The summed E-state index contributed by atoms with van der Waals surface area (Å²) in [7, 11) is 5.56. The lowest BCUT2D eigenvalue weighted by Gasteiger charge is -2.35. The highest BCUT2D eigenvalue weighted by Crippen LogP contribution is 2.39. The molecule has 0 saturated carbocycles. The van der Waals surface area contributed by atoms with Crippen molar-refractivity contribution in [1.29, 1.82) is 0 Å². The van der Waals surface area contributed by atoms with Crippen LogP contribution >= 0.6 is 23.2 Å². The molecular formula is C34H34Cl2N4O3. The molecule has 1 aromatic heterocycles. The van der Waals surface area contributed by atoms with E-state index in [1.165, 1.54) is 7.11 Å². The van der Waals surface area contributed by atoms with Crippen molar-refractivity contribution in [2.24, 2.45) is 0 Å². The first-order valence-corrected chi connectivity index (χ1v) is 15.2. The van der Waals surface area contributed by atoms with Crippen LogP contribution in [0.1, 0.15) is 44.9 Å². The number of nitrogens with zero attached hydrogens (tertiary/aromatic N) is 4. The number of fused-ring (bicyclic) bond motifs is 2. The van der Waals surface area contributed by atoms with Crippen LogP contribution < -0.4 is 9.64 Å². The first-order chi connectivity index (χ1) is 20.8. The second-order valence-corrected chi connectivity index (χ2v) is 12.1. The number of hydrogen-bond acceptors (Lipinski definition) is 4. The molecule has 0 spiro atoms. The van der Waals surface area contributed by atoms with E-state index in [1.807, 2.05) is 71.1 Å². The van der Waals surface area contributed by atoms with Gasteiger partial charge in [-0.3, -0.25) is 9.59 Å². The summed E-state index contributed by atoms with van der Waals surface area (Å²) in [5.41, 5.74) is 5.02. The molecule has 0 atom stereocenters. The van der Waals surface area contributed by atoms with E-state index in [9.17, 15) is 9.59 Å².